The quantitative estimate of drug-likeness (QED) is 0.754. The first kappa shape index (κ1) is 19.6. The van der Waals surface area contributed by atoms with Crippen LogP contribution in [0, 0.1) is 0 Å². The SMILES string of the molecule is CC1(CCC(=O)C2(c3ccccc3)CC2)N=C(N)N(Cc2cccc(Cl)c2)C1=O. The van der Waals surface area contributed by atoms with Gasteiger partial charge in [0.2, 0.25) is 0 Å². The molecule has 1 unspecified atom stereocenters. The average Bonchev–Trinajstić information content (AvgIpc) is 3.49. The summed E-state index contributed by atoms with van der Waals surface area (Å²) >= 11 is 6.04. The lowest BCUT2D eigenvalue weighted by Gasteiger charge is -2.23. The molecular formula is C23H24ClN3O2. The Hall–Kier alpha value is -2.66. The summed E-state index contributed by atoms with van der Waals surface area (Å²) in [4.78, 5) is 32.0. The van der Waals surface area contributed by atoms with Crippen LogP contribution in [0.4, 0.5) is 0 Å². The molecule has 0 saturated heterocycles. The third-order valence-corrected chi connectivity index (χ3v) is 6.26. The number of ketones is 1. The third kappa shape index (κ3) is 3.67. The summed E-state index contributed by atoms with van der Waals surface area (Å²) < 4.78 is 0. The summed E-state index contributed by atoms with van der Waals surface area (Å²) in [6, 6.07) is 17.2. The second-order valence-corrected chi connectivity index (χ2v) is 8.57. The normalized spacial score (nSPS) is 22.5. The van der Waals surface area contributed by atoms with Gasteiger partial charge in [-0.1, -0.05) is 54.1 Å². The van der Waals surface area contributed by atoms with Gasteiger partial charge in [-0.15, -0.1) is 0 Å². The molecule has 29 heavy (non-hydrogen) atoms. The molecule has 1 saturated carbocycles. The molecule has 0 radical (unpaired) electrons. The Kier molecular flexibility index (Phi) is 4.95. The number of benzene rings is 2. The lowest BCUT2D eigenvalue weighted by Crippen LogP contribution is -2.42. The van der Waals surface area contributed by atoms with Crippen molar-refractivity contribution in [3.63, 3.8) is 0 Å². The molecule has 1 atom stereocenters. The highest BCUT2D eigenvalue weighted by molar-refractivity contribution is 6.30. The number of carbonyl (C=O) groups is 2. The van der Waals surface area contributed by atoms with Crippen LogP contribution in [0.25, 0.3) is 0 Å². The Morgan fingerprint density at radius 2 is 1.90 bits per heavy atom. The van der Waals surface area contributed by atoms with Crippen LogP contribution in [0.15, 0.2) is 59.6 Å². The molecule has 2 N–H and O–H groups in total. The molecule has 0 spiro atoms. The lowest BCUT2D eigenvalue weighted by atomic mass is 9.85. The summed E-state index contributed by atoms with van der Waals surface area (Å²) in [7, 11) is 0. The van der Waals surface area contributed by atoms with Crippen molar-refractivity contribution in [3.8, 4) is 0 Å². The monoisotopic (exact) mass is 409 g/mol. The topological polar surface area (TPSA) is 75.8 Å². The van der Waals surface area contributed by atoms with Crippen LogP contribution in [0.1, 0.15) is 43.7 Å². The van der Waals surface area contributed by atoms with Crippen LogP contribution < -0.4 is 5.73 Å². The number of hydrogen-bond donors (Lipinski definition) is 1. The highest BCUT2D eigenvalue weighted by atomic mass is 35.5. The van der Waals surface area contributed by atoms with Crippen LogP contribution in [0.3, 0.4) is 0 Å². The van der Waals surface area contributed by atoms with E-state index in [9.17, 15) is 9.59 Å². The van der Waals surface area contributed by atoms with Gasteiger partial charge in [-0.3, -0.25) is 14.5 Å². The van der Waals surface area contributed by atoms with Crippen LogP contribution in [0.2, 0.25) is 5.02 Å². The van der Waals surface area contributed by atoms with Crippen molar-refractivity contribution in [2.24, 2.45) is 10.7 Å². The maximum absolute atomic E-state index is 13.1. The first-order valence-corrected chi connectivity index (χ1v) is 10.2. The fourth-order valence-electron chi connectivity index (χ4n) is 4.10. The van der Waals surface area contributed by atoms with Crippen molar-refractivity contribution in [1.82, 2.24) is 4.90 Å². The molecule has 1 heterocycles. The molecule has 2 aromatic carbocycles. The van der Waals surface area contributed by atoms with Gasteiger partial charge < -0.3 is 5.73 Å². The van der Waals surface area contributed by atoms with E-state index in [1.165, 1.54) is 4.90 Å². The average molecular weight is 410 g/mol. The molecule has 1 fully saturated rings. The molecule has 4 rings (SSSR count). The zero-order chi connectivity index (χ0) is 20.6. The van der Waals surface area contributed by atoms with Crippen LogP contribution in [-0.2, 0) is 21.5 Å². The number of Topliss-reactive ketones (excluding diaryl/α,β-unsaturated/α-hetero) is 1. The zero-order valence-corrected chi connectivity index (χ0v) is 17.2. The zero-order valence-electron chi connectivity index (χ0n) is 16.4. The minimum absolute atomic E-state index is 0.174. The van der Waals surface area contributed by atoms with Crippen molar-refractivity contribution in [2.45, 2.75) is 50.1 Å². The van der Waals surface area contributed by atoms with Crippen LogP contribution >= 0.6 is 11.6 Å². The van der Waals surface area contributed by atoms with E-state index in [4.69, 9.17) is 17.3 Å². The van der Waals surface area contributed by atoms with Crippen molar-refractivity contribution in [3.05, 3.63) is 70.7 Å². The number of aliphatic imine (C=N–C) groups is 1. The summed E-state index contributed by atoms with van der Waals surface area (Å²) in [5.74, 6) is 0.196. The molecule has 1 aliphatic heterocycles. The highest BCUT2D eigenvalue weighted by Crippen LogP contribution is 2.50. The number of carbonyl (C=O) groups excluding carboxylic acids is 2. The number of halogens is 1. The Labute approximate surface area is 175 Å². The van der Waals surface area contributed by atoms with E-state index in [0.717, 1.165) is 24.0 Å². The van der Waals surface area contributed by atoms with Crippen LogP contribution in [0.5, 0.6) is 0 Å². The molecule has 1 aliphatic carbocycles. The van der Waals surface area contributed by atoms with Gasteiger partial charge in [0.1, 0.15) is 11.3 Å². The number of amides is 1. The second-order valence-electron chi connectivity index (χ2n) is 8.14. The lowest BCUT2D eigenvalue weighted by molar-refractivity contribution is -0.131. The fraction of sp³-hybridized carbons (Fsp3) is 0.348. The van der Waals surface area contributed by atoms with Gasteiger partial charge in [0.05, 0.1) is 12.0 Å². The van der Waals surface area contributed by atoms with Gasteiger partial charge in [-0.2, -0.15) is 0 Å². The summed E-state index contributed by atoms with van der Waals surface area (Å²) in [6.45, 7) is 2.07. The number of nitrogens with zero attached hydrogens (tertiary/aromatic N) is 2. The van der Waals surface area contributed by atoms with E-state index in [1.807, 2.05) is 42.5 Å². The largest absolute Gasteiger partial charge is 0.369 e. The minimum Gasteiger partial charge on any atom is -0.369 e. The van der Waals surface area contributed by atoms with Gasteiger partial charge in [0, 0.05) is 11.4 Å². The van der Waals surface area contributed by atoms with E-state index in [2.05, 4.69) is 4.99 Å². The molecule has 2 aliphatic rings. The van der Waals surface area contributed by atoms with Gasteiger partial charge >= 0.3 is 0 Å². The summed E-state index contributed by atoms with van der Waals surface area (Å²) in [5, 5.41) is 0.605. The molecule has 1 amide bonds. The first-order valence-electron chi connectivity index (χ1n) is 9.85. The van der Waals surface area contributed by atoms with E-state index < -0.39 is 5.54 Å². The number of hydrogen-bond acceptors (Lipinski definition) is 4. The van der Waals surface area contributed by atoms with Gasteiger partial charge in [0.15, 0.2) is 5.96 Å². The Balaban J connectivity index is 1.44. The van der Waals surface area contributed by atoms with Crippen LogP contribution in [-0.4, -0.2) is 28.1 Å². The molecular weight excluding hydrogens is 386 g/mol. The van der Waals surface area contributed by atoms with Crippen molar-refractivity contribution in [2.75, 3.05) is 0 Å². The summed E-state index contributed by atoms with van der Waals surface area (Å²) in [5.41, 5.74) is 6.62. The Morgan fingerprint density at radius 1 is 1.17 bits per heavy atom. The van der Waals surface area contributed by atoms with Crippen molar-refractivity contribution in [1.29, 1.82) is 0 Å². The number of rotatable bonds is 7. The van der Waals surface area contributed by atoms with Crippen molar-refractivity contribution >= 4 is 29.3 Å². The first-order chi connectivity index (χ1) is 13.8. The summed E-state index contributed by atoms with van der Waals surface area (Å²) in [6.07, 6.45) is 2.39. The number of nitrogens with two attached hydrogens (primary N) is 1. The predicted molar refractivity (Wildman–Crippen MR) is 114 cm³/mol. The molecule has 5 nitrogen and oxygen atoms in total. The second kappa shape index (κ2) is 7.30. The molecule has 0 bridgehead atoms. The highest BCUT2D eigenvalue weighted by Gasteiger charge is 2.51. The van der Waals surface area contributed by atoms with E-state index in [1.54, 1.807) is 19.1 Å². The van der Waals surface area contributed by atoms with E-state index in [0.29, 0.717) is 24.4 Å². The molecule has 2 aromatic rings. The smallest absolute Gasteiger partial charge is 0.257 e. The minimum atomic E-state index is -1.01. The Morgan fingerprint density at radius 3 is 2.55 bits per heavy atom. The standard InChI is InChI=1S/C23H24ClN3O2/c1-22(11-10-19(28)23(12-13-23)17-7-3-2-4-8-17)20(29)27(21(25)26-22)15-16-6-5-9-18(24)14-16/h2-9,14H,10-13,15H2,1H3,(H2,25,26). The maximum atomic E-state index is 13.1. The maximum Gasteiger partial charge on any atom is 0.257 e. The van der Waals surface area contributed by atoms with Gasteiger partial charge in [-0.25, -0.2) is 4.99 Å². The van der Waals surface area contributed by atoms with E-state index in [-0.39, 0.29) is 23.1 Å². The molecule has 150 valence electrons. The Bertz CT molecular complexity index is 985. The van der Waals surface area contributed by atoms with Crippen molar-refractivity contribution < 1.29 is 9.59 Å². The fourth-order valence-corrected chi connectivity index (χ4v) is 4.31. The molecule has 6 heteroatoms. The van der Waals surface area contributed by atoms with E-state index >= 15 is 0 Å². The predicted octanol–water partition coefficient (Wildman–Crippen LogP) is 3.84. The van der Waals surface area contributed by atoms with Gasteiger partial charge in [-0.05, 0) is 49.4 Å². The third-order valence-electron chi connectivity index (χ3n) is 6.02. The molecule has 0 aromatic heterocycles. The number of guanidine groups is 1. The van der Waals surface area contributed by atoms with Gasteiger partial charge in [0.25, 0.3) is 5.91 Å².